The van der Waals surface area contributed by atoms with Crippen molar-refractivity contribution in [1.29, 1.82) is 0 Å². The van der Waals surface area contributed by atoms with Gasteiger partial charge in [-0.15, -0.1) is 0 Å². The van der Waals surface area contributed by atoms with Crippen molar-refractivity contribution in [3.8, 4) is 5.75 Å². The molecule has 1 saturated heterocycles. The fourth-order valence-electron chi connectivity index (χ4n) is 2.67. The third kappa shape index (κ3) is 3.36. The van der Waals surface area contributed by atoms with Crippen LogP contribution in [0.15, 0.2) is 35.0 Å². The van der Waals surface area contributed by atoms with E-state index in [1.165, 1.54) is 0 Å². The molecule has 0 bridgehead atoms. The van der Waals surface area contributed by atoms with Gasteiger partial charge in [-0.25, -0.2) is 4.99 Å². The molecule has 22 heavy (non-hydrogen) atoms. The number of amidine groups is 1. The molecule has 3 rings (SSSR count). The van der Waals surface area contributed by atoms with Crippen molar-refractivity contribution < 1.29 is 14.3 Å². The highest BCUT2D eigenvalue weighted by Crippen LogP contribution is 2.22. The summed E-state index contributed by atoms with van der Waals surface area (Å²) >= 11 is 0. The number of ether oxygens (including phenoxy) is 2. The quantitative estimate of drug-likeness (QED) is 0.869. The summed E-state index contributed by atoms with van der Waals surface area (Å²) in [5.74, 6) is 1.73. The minimum Gasteiger partial charge on any atom is -0.494 e. The van der Waals surface area contributed by atoms with Crippen molar-refractivity contribution in [2.75, 3.05) is 19.8 Å². The van der Waals surface area contributed by atoms with Crippen LogP contribution in [-0.4, -0.2) is 31.6 Å². The van der Waals surface area contributed by atoms with Gasteiger partial charge in [0.25, 0.3) is 5.91 Å². The van der Waals surface area contributed by atoms with Crippen molar-refractivity contribution in [2.45, 2.75) is 19.8 Å². The summed E-state index contributed by atoms with van der Waals surface area (Å²) in [6.07, 6.45) is 3.61. The van der Waals surface area contributed by atoms with Crippen molar-refractivity contribution >= 4 is 17.8 Å². The molecule has 0 saturated carbocycles. The van der Waals surface area contributed by atoms with Gasteiger partial charge in [-0.3, -0.25) is 4.79 Å². The Morgan fingerprint density at radius 3 is 3.00 bits per heavy atom. The van der Waals surface area contributed by atoms with E-state index in [4.69, 9.17) is 9.47 Å². The van der Waals surface area contributed by atoms with Crippen LogP contribution in [0.25, 0.3) is 6.08 Å². The zero-order valence-electron chi connectivity index (χ0n) is 12.7. The lowest BCUT2D eigenvalue weighted by molar-refractivity contribution is -0.115. The molecule has 0 aromatic heterocycles. The summed E-state index contributed by atoms with van der Waals surface area (Å²) in [5.41, 5.74) is 1.36. The lowest BCUT2D eigenvalue weighted by Crippen LogP contribution is -2.33. The fraction of sp³-hybridized carbons (Fsp3) is 0.412. The van der Waals surface area contributed by atoms with Gasteiger partial charge in [0.2, 0.25) is 0 Å². The van der Waals surface area contributed by atoms with Crippen LogP contribution < -0.4 is 10.1 Å². The van der Waals surface area contributed by atoms with Gasteiger partial charge in [-0.05, 0) is 43.5 Å². The number of carbonyl (C=O) groups excluding carboxylic acids is 1. The van der Waals surface area contributed by atoms with Crippen molar-refractivity contribution in [3.05, 3.63) is 35.5 Å². The number of amides is 1. The molecule has 116 valence electrons. The molecule has 0 spiro atoms. The first-order chi connectivity index (χ1) is 10.8. The van der Waals surface area contributed by atoms with E-state index >= 15 is 0 Å². The molecule has 1 aromatic rings. The number of nitrogens with zero attached hydrogens (tertiary/aromatic N) is 1. The third-order valence-electron chi connectivity index (χ3n) is 3.80. The van der Waals surface area contributed by atoms with Crippen LogP contribution in [-0.2, 0) is 9.53 Å². The maximum atomic E-state index is 12.1. The Labute approximate surface area is 130 Å². The summed E-state index contributed by atoms with van der Waals surface area (Å²) in [4.78, 5) is 16.6. The second kappa shape index (κ2) is 6.75. The Hall–Kier alpha value is -2.14. The molecule has 0 radical (unpaired) electrons. The number of aliphatic imine (C=N–C) groups is 1. The van der Waals surface area contributed by atoms with Crippen LogP contribution in [0.1, 0.15) is 25.3 Å². The maximum Gasteiger partial charge on any atom is 0.275 e. The van der Waals surface area contributed by atoms with Crippen LogP contribution in [0.3, 0.4) is 0 Å². The summed E-state index contributed by atoms with van der Waals surface area (Å²) in [6, 6.07) is 7.65. The van der Waals surface area contributed by atoms with E-state index in [0.29, 0.717) is 18.2 Å². The number of rotatable bonds is 4. The van der Waals surface area contributed by atoms with Gasteiger partial charge in [0.05, 0.1) is 6.61 Å². The standard InChI is InChI=1S/C17H20N2O3/c1-2-22-14-5-3-4-12(10-14)11-15-17(20)19-16(18-15)13-6-8-21-9-7-13/h3-5,10-11,13H,2,6-9H2,1H3,(H,18,19,20)/b15-11+. The van der Waals surface area contributed by atoms with Gasteiger partial charge in [-0.2, -0.15) is 0 Å². The summed E-state index contributed by atoms with van der Waals surface area (Å²) < 4.78 is 10.8. The molecule has 1 amide bonds. The largest absolute Gasteiger partial charge is 0.494 e. The van der Waals surface area contributed by atoms with Gasteiger partial charge < -0.3 is 14.8 Å². The SMILES string of the molecule is CCOc1cccc(/C=C2/N=C(C3CCOCC3)NC2=O)c1. The average Bonchev–Trinajstić information content (AvgIpc) is 2.90. The van der Waals surface area contributed by atoms with E-state index in [2.05, 4.69) is 10.3 Å². The highest BCUT2D eigenvalue weighted by Gasteiger charge is 2.27. The minimum atomic E-state index is -0.136. The van der Waals surface area contributed by atoms with Crippen LogP contribution in [0, 0.1) is 5.92 Å². The number of carbonyl (C=O) groups is 1. The summed E-state index contributed by atoms with van der Waals surface area (Å²) in [6.45, 7) is 4.02. The summed E-state index contributed by atoms with van der Waals surface area (Å²) in [5, 5.41) is 2.89. The van der Waals surface area contributed by atoms with Gasteiger partial charge in [0.1, 0.15) is 17.3 Å². The summed E-state index contributed by atoms with van der Waals surface area (Å²) in [7, 11) is 0. The molecule has 5 nitrogen and oxygen atoms in total. The topological polar surface area (TPSA) is 59.9 Å². The average molecular weight is 300 g/mol. The number of nitrogens with one attached hydrogen (secondary N) is 1. The van der Waals surface area contributed by atoms with E-state index in [1.54, 1.807) is 6.08 Å². The normalized spacial score (nSPS) is 20.9. The lowest BCUT2D eigenvalue weighted by atomic mass is 9.99. The third-order valence-corrected chi connectivity index (χ3v) is 3.80. The molecule has 1 fully saturated rings. The van der Waals surface area contributed by atoms with Crippen molar-refractivity contribution in [2.24, 2.45) is 10.9 Å². The van der Waals surface area contributed by atoms with Crippen LogP contribution >= 0.6 is 0 Å². The van der Waals surface area contributed by atoms with E-state index in [1.807, 2.05) is 31.2 Å². The maximum absolute atomic E-state index is 12.1. The van der Waals surface area contributed by atoms with Crippen molar-refractivity contribution in [3.63, 3.8) is 0 Å². The molecular weight excluding hydrogens is 280 g/mol. The lowest BCUT2D eigenvalue weighted by Gasteiger charge is -2.21. The number of hydrogen-bond donors (Lipinski definition) is 1. The Bertz CT molecular complexity index is 616. The smallest absolute Gasteiger partial charge is 0.275 e. The monoisotopic (exact) mass is 300 g/mol. The molecule has 2 heterocycles. The Morgan fingerprint density at radius 2 is 2.23 bits per heavy atom. The highest BCUT2D eigenvalue weighted by atomic mass is 16.5. The predicted octanol–water partition coefficient (Wildman–Crippen LogP) is 2.38. The Morgan fingerprint density at radius 1 is 1.41 bits per heavy atom. The van der Waals surface area contributed by atoms with E-state index in [0.717, 1.165) is 43.2 Å². The molecule has 0 unspecified atom stereocenters. The molecule has 0 atom stereocenters. The second-order valence-corrected chi connectivity index (χ2v) is 5.37. The first-order valence-corrected chi connectivity index (χ1v) is 7.68. The minimum absolute atomic E-state index is 0.136. The first-order valence-electron chi connectivity index (χ1n) is 7.68. The van der Waals surface area contributed by atoms with Crippen molar-refractivity contribution in [1.82, 2.24) is 5.32 Å². The molecule has 2 aliphatic rings. The molecule has 0 aliphatic carbocycles. The Balaban J connectivity index is 1.79. The Kier molecular flexibility index (Phi) is 4.53. The second-order valence-electron chi connectivity index (χ2n) is 5.37. The van der Waals surface area contributed by atoms with Crippen LogP contribution in [0.5, 0.6) is 5.75 Å². The highest BCUT2D eigenvalue weighted by molar-refractivity contribution is 6.15. The first kappa shape index (κ1) is 14.8. The van der Waals surface area contributed by atoms with Gasteiger partial charge in [-0.1, -0.05) is 12.1 Å². The van der Waals surface area contributed by atoms with E-state index in [9.17, 15) is 4.79 Å². The van der Waals surface area contributed by atoms with E-state index in [-0.39, 0.29) is 5.91 Å². The number of hydrogen-bond acceptors (Lipinski definition) is 4. The molecule has 1 aromatic carbocycles. The van der Waals surface area contributed by atoms with Gasteiger partial charge in [0, 0.05) is 19.1 Å². The molecule has 1 N–H and O–H groups in total. The molecule has 5 heteroatoms. The fourth-order valence-corrected chi connectivity index (χ4v) is 2.67. The van der Waals surface area contributed by atoms with Crippen LogP contribution in [0.4, 0.5) is 0 Å². The zero-order chi connectivity index (χ0) is 15.4. The zero-order valence-corrected chi connectivity index (χ0v) is 12.7. The predicted molar refractivity (Wildman–Crippen MR) is 84.7 cm³/mol. The molecular formula is C17H20N2O3. The van der Waals surface area contributed by atoms with Crippen LogP contribution in [0.2, 0.25) is 0 Å². The molecule has 2 aliphatic heterocycles. The van der Waals surface area contributed by atoms with Gasteiger partial charge in [0.15, 0.2) is 0 Å². The number of benzene rings is 1. The van der Waals surface area contributed by atoms with E-state index < -0.39 is 0 Å². The van der Waals surface area contributed by atoms with Gasteiger partial charge >= 0.3 is 0 Å².